The minimum absolute atomic E-state index is 0.169. The molecule has 0 spiro atoms. The number of hydrogen-bond acceptors (Lipinski definition) is 8. The molecule has 2 aliphatic rings. The molecule has 0 fully saturated rings. The lowest BCUT2D eigenvalue weighted by Gasteiger charge is -2.26. The maximum absolute atomic E-state index is 14.0. The summed E-state index contributed by atoms with van der Waals surface area (Å²) in [6.45, 7) is 5.37. The lowest BCUT2D eigenvalue weighted by atomic mass is 9.95. The molecule has 1 amide bonds. The molecule has 0 saturated heterocycles. The summed E-state index contributed by atoms with van der Waals surface area (Å²) in [6, 6.07) is 13.7. The molecule has 0 N–H and O–H groups in total. The van der Waals surface area contributed by atoms with Crippen LogP contribution in [0.15, 0.2) is 79.2 Å². The van der Waals surface area contributed by atoms with Gasteiger partial charge in [-0.05, 0) is 57.2 Å². The van der Waals surface area contributed by atoms with Gasteiger partial charge in [-0.1, -0.05) is 45.5 Å². The molecule has 1 aromatic heterocycles. The first-order valence-electron chi connectivity index (χ1n) is 12.2. The van der Waals surface area contributed by atoms with Gasteiger partial charge in [0.25, 0.3) is 11.5 Å². The van der Waals surface area contributed by atoms with Crippen LogP contribution in [-0.2, 0) is 14.3 Å². The largest absolute Gasteiger partial charge is 0.496 e. The highest BCUT2D eigenvalue weighted by Crippen LogP contribution is 2.37. The van der Waals surface area contributed by atoms with E-state index in [9.17, 15) is 14.4 Å². The van der Waals surface area contributed by atoms with Crippen LogP contribution in [0.5, 0.6) is 5.75 Å². The number of allylic oxidation sites excluding steroid dienone is 1. The van der Waals surface area contributed by atoms with Crippen LogP contribution in [0.1, 0.15) is 32.4 Å². The van der Waals surface area contributed by atoms with Crippen LogP contribution in [0.4, 0.5) is 5.69 Å². The molecule has 3 aromatic rings. The quantitative estimate of drug-likeness (QED) is 0.398. The van der Waals surface area contributed by atoms with Gasteiger partial charge in [0.2, 0.25) is 0 Å². The normalized spacial score (nSPS) is 19.1. The number of rotatable bonds is 6. The molecular formula is C28H25BrN4O5S. The van der Waals surface area contributed by atoms with Crippen LogP contribution < -0.4 is 24.6 Å². The number of thiazole rings is 1. The van der Waals surface area contributed by atoms with E-state index in [1.165, 1.54) is 16.7 Å². The van der Waals surface area contributed by atoms with Crippen LogP contribution in [-0.4, -0.2) is 35.9 Å². The Morgan fingerprint density at radius 2 is 1.90 bits per heavy atom. The van der Waals surface area contributed by atoms with Crippen LogP contribution in [0.3, 0.4) is 0 Å². The number of hydrogen-bond donors (Lipinski definition) is 0. The third kappa shape index (κ3) is 4.76. The summed E-state index contributed by atoms with van der Waals surface area (Å²) in [5.41, 5.74) is 2.13. The summed E-state index contributed by atoms with van der Waals surface area (Å²) in [5.74, 6) is -1.02. The zero-order valence-electron chi connectivity index (χ0n) is 21.7. The summed E-state index contributed by atoms with van der Waals surface area (Å²) < 4.78 is 13.5. The van der Waals surface area contributed by atoms with Gasteiger partial charge < -0.3 is 9.47 Å². The second-order valence-electron chi connectivity index (χ2n) is 8.92. The predicted octanol–water partition coefficient (Wildman–Crippen LogP) is 3.56. The lowest BCUT2D eigenvalue weighted by Crippen LogP contribution is -2.40. The van der Waals surface area contributed by atoms with Crippen LogP contribution in [0, 0.1) is 5.92 Å². The number of esters is 1. The molecule has 0 radical (unpaired) electrons. The van der Waals surface area contributed by atoms with Gasteiger partial charge in [-0.15, -0.1) is 0 Å². The van der Waals surface area contributed by atoms with Gasteiger partial charge in [0.15, 0.2) is 4.80 Å². The second-order valence-corrected chi connectivity index (χ2v) is 10.8. The Hall–Kier alpha value is -3.83. The number of amides is 1. The first-order chi connectivity index (χ1) is 18.7. The number of carbonyl (C=O) groups is 2. The van der Waals surface area contributed by atoms with E-state index in [-0.39, 0.29) is 23.6 Å². The van der Waals surface area contributed by atoms with E-state index in [0.717, 1.165) is 15.8 Å². The Bertz CT molecular complexity index is 1720. The molecule has 2 atom stereocenters. The van der Waals surface area contributed by atoms with Crippen molar-refractivity contribution in [2.75, 3.05) is 18.7 Å². The number of methoxy groups -OCH3 is 1. The van der Waals surface area contributed by atoms with Crippen molar-refractivity contribution >= 4 is 56.6 Å². The topological polar surface area (TPSA) is 103 Å². The Morgan fingerprint density at radius 3 is 2.59 bits per heavy atom. The smallest absolute Gasteiger partial charge is 0.338 e. The number of benzene rings is 2. The van der Waals surface area contributed by atoms with E-state index in [0.29, 0.717) is 37.7 Å². The SMILES string of the molecule is CCOC(=O)C1=C(C)N=c2s/c(=C\[C@@H]3C(=O)N(c4ccccc4)N=C3C)c(=O)n2[C@@H]1c1cc(Br)ccc1OC. The highest BCUT2D eigenvalue weighted by atomic mass is 79.9. The minimum Gasteiger partial charge on any atom is -0.496 e. The summed E-state index contributed by atoms with van der Waals surface area (Å²) in [6.07, 6.45) is 1.63. The maximum Gasteiger partial charge on any atom is 0.338 e. The van der Waals surface area contributed by atoms with Gasteiger partial charge in [0.05, 0.1) is 40.9 Å². The first-order valence-corrected chi connectivity index (χ1v) is 13.8. The van der Waals surface area contributed by atoms with Crippen molar-refractivity contribution in [3.05, 3.63) is 89.5 Å². The van der Waals surface area contributed by atoms with E-state index in [1.807, 2.05) is 30.3 Å². The highest BCUT2D eigenvalue weighted by Gasteiger charge is 2.37. The number of nitrogens with zero attached hydrogens (tertiary/aromatic N) is 4. The number of ether oxygens (including phenoxy) is 2. The molecule has 9 nitrogen and oxygen atoms in total. The second kappa shape index (κ2) is 10.7. The molecule has 0 unspecified atom stereocenters. The van der Waals surface area contributed by atoms with Crippen molar-refractivity contribution in [1.82, 2.24) is 4.57 Å². The summed E-state index contributed by atoms with van der Waals surface area (Å²) in [7, 11) is 1.53. The molecule has 3 heterocycles. The first kappa shape index (κ1) is 26.8. The fourth-order valence-corrected chi connectivity index (χ4v) is 6.13. The zero-order valence-corrected chi connectivity index (χ0v) is 24.1. The van der Waals surface area contributed by atoms with Crippen molar-refractivity contribution in [1.29, 1.82) is 0 Å². The van der Waals surface area contributed by atoms with Gasteiger partial charge in [-0.25, -0.2) is 9.79 Å². The third-order valence-electron chi connectivity index (χ3n) is 6.50. The number of hydrazone groups is 1. The predicted molar refractivity (Wildman–Crippen MR) is 153 cm³/mol. The van der Waals surface area contributed by atoms with Gasteiger partial charge in [0.1, 0.15) is 17.7 Å². The number of fused-ring (bicyclic) bond motifs is 1. The lowest BCUT2D eigenvalue weighted by molar-refractivity contribution is -0.139. The minimum atomic E-state index is -0.843. The van der Waals surface area contributed by atoms with Crippen molar-refractivity contribution in [2.24, 2.45) is 16.0 Å². The maximum atomic E-state index is 14.0. The molecule has 200 valence electrons. The van der Waals surface area contributed by atoms with Gasteiger partial charge >= 0.3 is 5.97 Å². The number of carbonyl (C=O) groups excluding carboxylic acids is 2. The Kier molecular flexibility index (Phi) is 7.37. The van der Waals surface area contributed by atoms with Gasteiger partial charge in [0, 0.05) is 10.0 Å². The number of anilines is 1. The molecule has 39 heavy (non-hydrogen) atoms. The molecule has 2 aromatic carbocycles. The van der Waals surface area contributed by atoms with E-state index in [2.05, 4.69) is 26.0 Å². The van der Waals surface area contributed by atoms with Crippen LogP contribution >= 0.6 is 27.3 Å². The standard InChI is InChI=1S/C28H25BrN4O5S/c1-5-38-27(36)23-16(3)30-28-32(24(23)20-13-17(29)11-12-21(20)37-4)26(35)22(39-28)14-19-15(2)31-33(25(19)34)18-9-7-6-8-10-18/h6-14,19,24H,5H2,1-4H3/b22-14-/t19-,24+/m0/s1. The number of halogens is 1. The molecule has 11 heteroatoms. The average molecular weight is 610 g/mol. The van der Waals surface area contributed by atoms with Crippen molar-refractivity contribution in [2.45, 2.75) is 26.8 Å². The molecule has 0 saturated carbocycles. The summed E-state index contributed by atoms with van der Waals surface area (Å²) >= 11 is 4.66. The van der Waals surface area contributed by atoms with E-state index in [4.69, 9.17) is 9.47 Å². The van der Waals surface area contributed by atoms with E-state index >= 15 is 0 Å². The Balaban J connectivity index is 1.67. The van der Waals surface area contributed by atoms with Crippen molar-refractivity contribution in [3.8, 4) is 5.75 Å². The average Bonchev–Trinajstić information content (AvgIpc) is 3.38. The number of aromatic nitrogens is 1. The van der Waals surface area contributed by atoms with Crippen LogP contribution in [0.25, 0.3) is 6.08 Å². The zero-order chi connectivity index (χ0) is 27.8. The monoisotopic (exact) mass is 608 g/mol. The van der Waals surface area contributed by atoms with Crippen LogP contribution in [0.2, 0.25) is 0 Å². The summed E-state index contributed by atoms with van der Waals surface area (Å²) in [5, 5.41) is 5.79. The fourth-order valence-electron chi connectivity index (χ4n) is 4.70. The van der Waals surface area contributed by atoms with Gasteiger partial charge in [-0.3, -0.25) is 14.2 Å². The fraction of sp³-hybridized carbons (Fsp3) is 0.250. The highest BCUT2D eigenvalue weighted by molar-refractivity contribution is 9.10. The molecule has 0 bridgehead atoms. The third-order valence-corrected chi connectivity index (χ3v) is 8.00. The summed E-state index contributed by atoms with van der Waals surface area (Å²) in [4.78, 5) is 45.4. The molecule has 5 rings (SSSR count). The number of para-hydroxylation sites is 1. The van der Waals surface area contributed by atoms with Crippen molar-refractivity contribution in [3.63, 3.8) is 0 Å². The molecule has 0 aliphatic carbocycles. The van der Waals surface area contributed by atoms with Gasteiger partial charge in [-0.2, -0.15) is 10.1 Å². The Labute approximate surface area is 236 Å². The molecular weight excluding hydrogens is 584 g/mol. The van der Waals surface area contributed by atoms with E-state index in [1.54, 1.807) is 45.0 Å². The van der Waals surface area contributed by atoms with Crippen molar-refractivity contribution < 1.29 is 19.1 Å². The molecule has 2 aliphatic heterocycles. The van der Waals surface area contributed by atoms with E-state index < -0.39 is 17.9 Å². The Morgan fingerprint density at radius 1 is 1.15 bits per heavy atom.